The molecule has 1 aromatic heterocycles. The van der Waals surface area contributed by atoms with Crippen molar-refractivity contribution in [3.05, 3.63) is 41.0 Å². The number of nitrogens with one attached hydrogen (secondary N) is 1. The first-order valence-corrected chi connectivity index (χ1v) is 8.64. The fraction of sp³-hybridized carbons (Fsp3) is 0.0833. The maximum absolute atomic E-state index is 11.7. The van der Waals surface area contributed by atoms with Crippen molar-refractivity contribution in [2.75, 3.05) is 12.8 Å². The van der Waals surface area contributed by atoms with Gasteiger partial charge in [-0.3, -0.25) is 0 Å². The molecule has 0 aliphatic rings. The summed E-state index contributed by atoms with van der Waals surface area (Å²) in [5.41, 5.74) is 6.01. The summed E-state index contributed by atoms with van der Waals surface area (Å²) >= 11 is 4.73. The maximum Gasteiger partial charge on any atom is 0.242 e. The molecule has 5 nitrogen and oxygen atoms in total. The number of hydrogen-bond acceptors (Lipinski definition) is 5. The van der Waals surface area contributed by atoms with Gasteiger partial charge in [0.05, 0.1) is 5.69 Å². The minimum absolute atomic E-state index is 0.0770. The number of nitrogen functional groups attached to an aromatic ring is 1. The van der Waals surface area contributed by atoms with Crippen molar-refractivity contribution >= 4 is 43.4 Å². The van der Waals surface area contributed by atoms with Crippen molar-refractivity contribution < 1.29 is 8.42 Å². The number of halogens is 1. The molecule has 0 aliphatic carbocycles. The van der Waals surface area contributed by atoms with Gasteiger partial charge in [-0.1, -0.05) is 11.8 Å². The summed E-state index contributed by atoms with van der Waals surface area (Å²) in [6.45, 7) is 0. The first-order valence-electron chi connectivity index (χ1n) is 5.55. The Kier molecular flexibility index (Phi) is 4.69. The Morgan fingerprint density at radius 1 is 1.30 bits per heavy atom. The molecule has 0 saturated heterocycles. The van der Waals surface area contributed by atoms with E-state index in [1.807, 2.05) is 12.1 Å². The molecule has 1 aromatic carbocycles. The number of nitrogens with two attached hydrogens (primary N) is 1. The molecular formula is C12H12BrN3O2S2. The first-order chi connectivity index (χ1) is 9.42. The van der Waals surface area contributed by atoms with E-state index in [-0.39, 0.29) is 10.6 Å². The molecule has 8 heteroatoms. The van der Waals surface area contributed by atoms with Crippen LogP contribution in [0.25, 0.3) is 0 Å². The summed E-state index contributed by atoms with van der Waals surface area (Å²) in [4.78, 5) is 5.14. The zero-order valence-corrected chi connectivity index (χ0v) is 13.7. The molecule has 0 aliphatic heterocycles. The van der Waals surface area contributed by atoms with Gasteiger partial charge in [0.15, 0.2) is 0 Å². The van der Waals surface area contributed by atoms with E-state index < -0.39 is 10.0 Å². The van der Waals surface area contributed by atoms with Crippen LogP contribution in [0.2, 0.25) is 0 Å². The third kappa shape index (κ3) is 3.51. The normalized spacial score (nSPS) is 11.5. The lowest BCUT2D eigenvalue weighted by molar-refractivity contribution is 0.588. The van der Waals surface area contributed by atoms with Crippen molar-refractivity contribution in [1.82, 2.24) is 9.71 Å². The SMILES string of the molecule is CNS(=O)(=O)c1ccc(Sc2ccc(Br)cn2)cc1N. The lowest BCUT2D eigenvalue weighted by Gasteiger charge is -2.08. The van der Waals surface area contributed by atoms with Crippen molar-refractivity contribution in [2.24, 2.45) is 0 Å². The Labute approximate surface area is 130 Å². The van der Waals surface area contributed by atoms with Crippen LogP contribution < -0.4 is 10.5 Å². The van der Waals surface area contributed by atoms with Crippen molar-refractivity contribution in [1.29, 1.82) is 0 Å². The molecule has 0 atom stereocenters. The number of pyridine rings is 1. The van der Waals surface area contributed by atoms with Gasteiger partial charge < -0.3 is 5.73 Å². The summed E-state index contributed by atoms with van der Waals surface area (Å²) in [5.74, 6) is 0. The Morgan fingerprint density at radius 2 is 2.05 bits per heavy atom. The molecule has 106 valence electrons. The lowest BCUT2D eigenvalue weighted by Crippen LogP contribution is -2.19. The quantitative estimate of drug-likeness (QED) is 0.804. The van der Waals surface area contributed by atoms with E-state index in [9.17, 15) is 8.42 Å². The number of nitrogens with zero attached hydrogens (tertiary/aromatic N) is 1. The highest BCUT2D eigenvalue weighted by Crippen LogP contribution is 2.30. The number of hydrogen-bond donors (Lipinski definition) is 2. The van der Waals surface area contributed by atoms with Gasteiger partial charge in [0.1, 0.15) is 9.92 Å². The Balaban J connectivity index is 2.28. The number of anilines is 1. The standard InChI is InChI=1S/C12H12BrN3O2S2/c1-15-20(17,18)11-4-3-9(6-10(11)14)19-12-5-2-8(13)7-16-12/h2-7,15H,14H2,1H3. The van der Waals surface area contributed by atoms with Crippen LogP contribution in [0.3, 0.4) is 0 Å². The van der Waals surface area contributed by atoms with E-state index in [0.717, 1.165) is 14.4 Å². The Bertz CT molecular complexity index is 718. The van der Waals surface area contributed by atoms with E-state index >= 15 is 0 Å². The largest absolute Gasteiger partial charge is 0.398 e. The fourth-order valence-corrected chi connectivity index (χ4v) is 3.36. The lowest BCUT2D eigenvalue weighted by atomic mass is 10.3. The van der Waals surface area contributed by atoms with Gasteiger partial charge in [0.25, 0.3) is 0 Å². The third-order valence-corrected chi connectivity index (χ3v) is 5.36. The minimum Gasteiger partial charge on any atom is -0.398 e. The van der Waals surface area contributed by atoms with Gasteiger partial charge in [-0.05, 0) is 53.3 Å². The molecule has 20 heavy (non-hydrogen) atoms. The van der Waals surface area contributed by atoms with E-state index in [1.54, 1.807) is 18.3 Å². The van der Waals surface area contributed by atoms with Gasteiger partial charge in [-0.2, -0.15) is 0 Å². The summed E-state index contributed by atoms with van der Waals surface area (Å²) in [5, 5.41) is 0.803. The second kappa shape index (κ2) is 6.13. The van der Waals surface area contributed by atoms with Crippen LogP contribution in [-0.2, 0) is 10.0 Å². The number of benzene rings is 1. The highest BCUT2D eigenvalue weighted by Gasteiger charge is 2.15. The highest BCUT2D eigenvalue weighted by molar-refractivity contribution is 9.10. The first kappa shape index (κ1) is 15.3. The predicted molar refractivity (Wildman–Crippen MR) is 83.2 cm³/mol. The minimum atomic E-state index is -3.53. The molecule has 2 aromatic rings. The molecule has 1 heterocycles. The fourth-order valence-electron chi connectivity index (χ4n) is 1.49. The van der Waals surface area contributed by atoms with Gasteiger partial charge in [-0.15, -0.1) is 0 Å². The number of sulfonamides is 1. The molecule has 3 N–H and O–H groups in total. The molecule has 0 saturated carbocycles. The number of rotatable bonds is 4. The topological polar surface area (TPSA) is 85.1 Å². The van der Waals surface area contributed by atoms with Gasteiger partial charge in [-0.25, -0.2) is 18.1 Å². The molecule has 0 spiro atoms. The van der Waals surface area contributed by atoms with Crippen LogP contribution in [0.1, 0.15) is 0 Å². The average molecular weight is 374 g/mol. The van der Waals surface area contributed by atoms with Crippen LogP contribution in [0.15, 0.2) is 55.8 Å². The van der Waals surface area contributed by atoms with Crippen molar-refractivity contribution in [3.63, 3.8) is 0 Å². The molecule has 0 amide bonds. The summed E-state index contributed by atoms with van der Waals surface area (Å²) in [6.07, 6.45) is 1.70. The monoisotopic (exact) mass is 373 g/mol. The van der Waals surface area contributed by atoms with Gasteiger partial charge >= 0.3 is 0 Å². The van der Waals surface area contributed by atoms with E-state index in [0.29, 0.717) is 0 Å². The van der Waals surface area contributed by atoms with Crippen LogP contribution in [0.4, 0.5) is 5.69 Å². The second-order valence-corrected chi connectivity index (χ2v) is 7.69. The van der Waals surface area contributed by atoms with Gasteiger partial charge in [0, 0.05) is 15.6 Å². The van der Waals surface area contributed by atoms with E-state index in [2.05, 4.69) is 25.6 Å². The summed E-state index contributed by atoms with van der Waals surface area (Å²) in [7, 11) is -2.18. The number of aromatic nitrogens is 1. The molecule has 2 rings (SSSR count). The van der Waals surface area contributed by atoms with Crippen LogP contribution in [0.5, 0.6) is 0 Å². The Morgan fingerprint density at radius 3 is 2.60 bits per heavy atom. The molecule has 0 bridgehead atoms. The highest BCUT2D eigenvalue weighted by atomic mass is 79.9. The zero-order valence-electron chi connectivity index (χ0n) is 10.5. The predicted octanol–water partition coefficient (Wildman–Crippen LogP) is 2.49. The molecule has 0 radical (unpaired) electrons. The van der Waals surface area contributed by atoms with Crippen LogP contribution >= 0.6 is 27.7 Å². The van der Waals surface area contributed by atoms with Crippen LogP contribution in [0, 0.1) is 0 Å². The summed E-state index contributed by atoms with van der Waals surface area (Å²) in [6, 6.07) is 8.57. The Hall–Kier alpha value is -1.09. The van der Waals surface area contributed by atoms with E-state index in [4.69, 9.17) is 5.73 Å². The molecule has 0 unspecified atom stereocenters. The van der Waals surface area contributed by atoms with E-state index in [1.165, 1.54) is 24.9 Å². The van der Waals surface area contributed by atoms with Crippen LogP contribution in [-0.4, -0.2) is 20.4 Å². The third-order valence-electron chi connectivity index (χ3n) is 2.46. The van der Waals surface area contributed by atoms with Crippen molar-refractivity contribution in [3.8, 4) is 0 Å². The average Bonchev–Trinajstić information content (AvgIpc) is 2.41. The maximum atomic E-state index is 11.7. The smallest absolute Gasteiger partial charge is 0.242 e. The van der Waals surface area contributed by atoms with Crippen molar-refractivity contribution in [2.45, 2.75) is 14.8 Å². The van der Waals surface area contributed by atoms with Gasteiger partial charge in [0.2, 0.25) is 10.0 Å². The zero-order chi connectivity index (χ0) is 14.8. The molecular weight excluding hydrogens is 362 g/mol. The summed E-state index contributed by atoms with van der Waals surface area (Å²) < 4.78 is 26.6. The second-order valence-electron chi connectivity index (χ2n) is 3.82. The molecule has 0 fully saturated rings.